The molecule has 4 atom stereocenters. The van der Waals surface area contributed by atoms with Crippen LogP contribution in [-0.2, 0) is 4.74 Å². The van der Waals surface area contributed by atoms with Crippen molar-refractivity contribution in [1.82, 2.24) is 0 Å². The number of ether oxygens (including phenoxy) is 1. The van der Waals surface area contributed by atoms with Gasteiger partial charge in [0.25, 0.3) is 0 Å². The summed E-state index contributed by atoms with van der Waals surface area (Å²) >= 11 is 0. The Kier molecular flexibility index (Phi) is 5.07. The molecule has 0 aliphatic heterocycles. The van der Waals surface area contributed by atoms with Crippen LogP contribution in [0.25, 0.3) is 0 Å². The first-order chi connectivity index (χ1) is 7.06. The first-order valence-electron chi connectivity index (χ1n) is 6.27. The van der Waals surface area contributed by atoms with Crippen LogP contribution in [0.5, 0.6) is 0 Å². The van der Waals surface area contributed by atoms with Gasteiger partial charge in [-0.2, -0.15) is 0 Å². The normalized spacial score (nSPS) is 31.6. The first-order valence-corrected chi connectivity index (χ1v) is 6.27. The maximum absolute atomic E-state index is 9.85. The monoisotopic (exact) mass is 214 g/mol. The van der Waals surface area contributed by atoms with Crippen molar-refractivity contribution in [3.8, 4) is 0 Å². The Balaban J connectivity index is 2.59. The Labute approximate surface area is 94.0 Å². The van der Waals surface area contributed by atoms with Crippen molar-refractivity contribution in [3.05, 3.63) is 0 Å². The third-order valence-corrected chi connectivity index (χ3v) is 3.87. The summed E-state index contributed by atoms with van der Waals surface area (Å²) in [6.45, 7) is 6.36. The van der Waals surface area contributed by atoms with E-state index in [9.17, 15) is 5.11 Å². The van der Waals surface area contributed by atoms with Gasteiger partial charge in [-0.15, -0.1) is 0 Å². The fourth-order valence-corrected chi connectivity index (χ4v) is 3.24. The van der Waals surface area contributed by atoms with Crippen LogP contribution in [0.15, 0.2) is 0 Å². The van der Waals surface area contributed by atoms with Crippen LogP contribution in [0.4, 0.5) is 0 Å². The molecule has 0 aromatic carbocycles. The van der Waals surface area contributed by atoms with Gasteiger partial charge in [0.15, 0.2) is 0 Å². The average Bonchev–Trinajstić information content (AvgIpc) is 2.17. The highest BCUT2D eigenvalue weighted by molar-refractivity contribution is 4.82. The lowest BCUT2D eigenvalue weighted by Crippen LogP contribution is -2.35. The summed E-state index contributed by atoms with van der Waals surface area (Å²) in [5.41, 5.74) is 0. The van der Waals surface area contributed by atoms with Crippen LogP contribution in [0.3, 0.4) is 0 Å². The molecule has 15 heavy (non-hydrogen) atoms. The lowest BCUT2D eigenvalue weighted by atomic mass is 9.72. The predicted octanol–water partition coefficient (Wildman–Crippen LogP) is 2.84. The first kappa shape index (κ1) is 13.0. The lowest BCUT2D eigenvalue weighted by Gasteiger charge is -2.37. The topological polar surface area (TPSA) is 29.5 Å². The molecule has 0 bridgehead atoms. The molecule has 1 rings (SSSR count). The van der Waals surface area contributed by atoms with Crippen molar-refractivity contribution in [2.75, 3.05) is 7.11 Å². The molecule has 2 nitrogen and oxygen atoms in total. The summed E-state index contributed by atoms with van der Waals surface area (Å²) in [6, 6.07) is 0. The van der Waals surface area contributed by atoms with E-state index in [0.717, 1.165) is 6.42 Å². The van der Waals surface area contributed by atoms with Gasteiger partial charge in [0, 0.05) is 7.11 Å². The molecule has 2 heteroatoms. The van der Waals surface area contributed by atoms with E-state index in [4.69, 9.17) is 4.74 Å². The maximum atomic E-state index is 9.85. The second kappa shape index (κ2) is 5.86. The zero-order chi connectivity index (χ0) is 11.4. The van der Waals surface area contributed by atoms with Gasteiger partial charge < -0.3 is 9.84 Å². The number of rotatable bonds is 4. The van der Waals surface area contributed by atoms with Crippen molar-refractivity contribution >= 4 is 0 Å². The van der Waals surface area contributed by atoms with Crippen LogP contribution in [0, 0.1) is 17.8 Å². The van der Waals surface area contributed by atoms with Crippen LogP contribution in [0.1, 0.15) is 46.5 Å². The minimum absolute atomic E-state index is 0.189. The largest absolute Gasteiger partial charge is 0.393 e. The summed E-state index contributed by atoms with van der Waals surface area (Å²) in [6.07, 6.45) is 5.06. The molecule has 1 aliphatic rings. The van der Waals surface area contributed by atoms with Crippen LogP contribution in [-0.4, -0.2) is 24.4 Å². The maximum Gasteiger partial charge on any atom is 0.0574 e. The summed E-state index contributed by atoms with van der Waals surface area (Å²) in [7, 11) is 1.81. The predicted molar refractivity (Wildman–Crippen MR) is 62.8 cm³/mol. The standard InChI is InChI=1S/C13H26O2/c1-9(2)13(10(3)14)11-6-5-7-12(8-11)15-4/h9-14H,5-8H2,1-4H3. The Bertz CT molecular complexity index is 169. The Morgan fingerprint density at radius 1 is 1.20 bits per heavy atom. The SMILES string of the molecule is COC1CCCC(C(C(C)C)C(C)O)C1. The molecule has 4 unspecified atom stereocenters. The van der Waals surface area contributed by atoms with Gasteiger partial charge >= 0.3 is 0 Å². The van der Waals surface area contributed by atoms with E-state index in [-0.39, 0.29) is 6.10 Å². The van der Waals surface area contributed by atoms with E-state index in [0.29, 0.717) is 23.9 Å². The fraction of sp³-hybridized carbons (Fsp3) is 1.00. The molecule has 0 radical (unpaired) electrons. The van der Waals surface area contributed by atoms with E-state index in [2.05, 4.69) is 13.8 Å². The molecule has 0 aromatic heterocycles. The molecule has 1 N–H and O–H groups in total. The summed E-state index contributed by atoms with van der Waals surface area (Å²) in [5, 5.41) is 9.85. The number of aliphatic hydroxyl groups excluding tert-OH is 1. The molecule has 0 saturated heterocycles. The minimum atomic E-state index is -0.189. The molecule has 1 aliphatic carbocycles. The molecular formula is C13H26O2. The van der Waals surface area contributed by atoms with Gasteiger partial charge in [-0.25, -0.2) is 0 Å². The molecule has 90 valence electrons. The average molecular weight is 214 g/mol. The molecule has 0 amide bonds. The van der Waals surface area contributed by atoms with Gasteiger partial charge in [0.05, 0.1) is 12.2 Å². The van der Waals surface area contributed by atoms with E-state index in [1.807, 2.05) is 6.92 Å². The van der Waals surface area contributed by atoms with E-state index < -0.39 is 0 Å². The van der Waals surface area contributed by atoms with Crippen molar-refractivity contribution in [3.63, 3.8) is 0 Å². The zero-order valence-electron chi connectivity index (χ0n) is 10.6. The summed E-state index contributed by atoms with van der Waals surface area (Å²) in [5.74, 6) is 1.64. The molecular weight excluding hydrogens is 188 g/mol. The molecule has 0 aromatic rings. The second-order valence-corrected chi connectivity index (χ2v) is 5.35. The van der Waals surface area contributed by atoms with E-state index >= 15 is 0 Å². The van der Waals surface area contributed by atoms with Gasteiger partial charge in [-0.3, -0.25) is 0 Å². The number of hydrogen-bond donors (Lipinski definition) is 1. The summed E-state index contributed by atoms with van der Waals surface area (Å²) in [4.78, 5) is 0. The van der Waals surface area contributed by atoms with Crippen molar-refractivity contribution < 1.29 is 9.84 Å². The Hall–Kier alpha value is -0.0800. The van der Waals surface area contributed by atoms with Crippen LogP contribution in [0.2, 0.25) is 0 Å². The highest BCUT2D eigenvalue weighted by atomic mass is 16.5. The lowest BCUT2D eigenvalue weighted by molar-refractivity contribution is -0.00614. The number of aliphatic hydroxyl groups is 1. The highest BCUT2D eigenvalue weighted by Gasteiger charge is 2.32. The van der Waals surface area contributed by atoms with E-state index in [1.54, 1.807) is 7.11 Å². The number of methoxy groups -OCH3 is 1. The van der Waals surface area contributed by atoms with E-state index in [1.165, 1.54) is 19.3 Å². The fourth-order valence-electron chi connectivity index (χ4n) is 3.24. The molecule has 1 saturated carbocycles. The third-order valence-electron chi connectivity index (χ3n) is 3.87. The van der Waals surface area contributed by atoms with Crippen LogP contribution >= 0.6 is 0 Å². The number of hydrogen-bond acceptors (Lipinski definition) is 2. The van der Waals surface area contributed by atoms with Crippen LogP contribution < -0.4 is 0 Å². The minimum Gasteiger partial charge on any atom is -0.393 e. The van der Waals surface area contributed by atoms with Gasteiger partial charge in [-0.1, -0.05) is 20.3 Å². The van der Waals surface area contributed by atoms with Crippen molar-refractivity contribution in [2.45, 2.75) is 58.7 Å². The van der Waals surface area contributed by atoms with Crippen molar-refractivity contribution in [1.29, 1.82) is 0 Å². The van der Waals surface area contributed by atoms with Gasteiger partial charge in [0.1, 0.15) is 0 Å². The zero-order valence-corrected chi connectivity index (χ0v) is 10.6. The Morgan fingerprint density at radius 3 is 2.33 bits per heavy atom. The molecule has 0 spiro atoms. The molecule has 1 fully saturated rings. The second-order valence-electron chi connectivity index (χ2n) is 5.35. The highest BCUT2D eigenvalue weighted by Crippen LogP contribution is 2.36. The summed E-state index contributed by atoms with van der Waals surface area (Å²) < 4.78 is 5.45. The molecule has 0 heterocycles. The van der Waals surface area contributed by atoms with Crippen molar-refractivity contribution in [2.24, 2.45) is 17.8 Å². The van der Waals surface area contributed by atoms with Gasteiger partial charge in [0.2, 0.25) is 0 Å². The Morgan fingerprint density at radius 2 is 1.87 bits per heavy atom. The quantitative estimate of drug-likeness (QED) is 0.779. The third kappa shape index (κ3) is 3.46. The smallest absolute Gasteiger partial charge is 0.0574 e. The van der Waals surface area contributed by atoms with Gasteiger partial charge in [-0.05, 0) is 43.9 Å².